The first-order valence-corrected chi connectivity index (χ1v) is 7.88. The maximum Gasteiger partial charge on any atom is 0.237 e. The minimum absolute atomic E-state index is 0.109. The minimum Gasteiger partial charge on any atom is -0.393 e. The highest BCUT2D eigenvalue weighted by atomic mass is 16.3. The van der Waals surface area contributed by atoms with Crippen molar-refractivity contribution in [2.45, 2.75) is 76.5 Å². The predicted octanol–water partition coefficient (Wildman–Crippen LogP) is 1.57. The predicted molar refractivity (Wildman–Crippen MR) is 75.8 cm³/mol. The molecule has 4 heteroatoms. The van der Waals surface area contributed by atoms with Gasteiger partial charge in [-0.25, -0.2) is 0 Å². The number of hydrogen-bond donors (Lipinski definition) is 3. The molecule has 2 saturated carbocycles. The molecule has 0 bridgehead atoms. The fraction of sp³-hybridized carbons (Fsp3) is 0.933. The van der Waals surface area contributed by atoms with Crippen LogP contribution in [0, 0.1) is 5.92 Å². The van der Waals surface area contributed by atoms with Gasteiger partial charge in [-0.2, -0.15) is 0 Å². The summed E-state index contributed by atoms with van der Waals surface area (Å²) in [6.07, 6.45) is 8.86. The summed E-state index contributed by atoms with van der Waals surface area (Å²) >= 11 is 0. The standard InChI is InChI=1S/C15H28N2O2/c1-11(15(19)17-13-7-3-4-8-13)16-10-12-6-2-5-9-14(12)18/h11-14,16,18H,2-10H2,1H3,(H,17,19)/t11-,12+,14+/m0/s1. The van der Waals surface area contributed by atoms with E-state index in [0.29, 0.717) is 12.0 Å². The Morgan fingerprint density at radius 1 is 1.16 bits per heavy atom. The summed E-state index contributed by atoms with van der Waals surface area (Å²) in [5, 5.41) is 16.3. The molecule has 0 unspecified atom stereocenters. The molecular formula is C15H28N2O2. The van der Waals surface area contributed by atoms with Crippen molar-refractivity contribution in [3.05, 3.63) is 0 Å². The number of rotatable bonds is 5. The zero-order valence-corrected chi connectivity index (χ0v) is 12.0. The van der Waals surface area contributed by atoms with Gasteiger partial charge in [-0.3, -0.25) is 4.79 Å². The Labute approximate surface area is 116 Å². The van der Waals surface area contributed by atoms with E-state index in [2.05, 4.69) is 10.6 Å². The van der Waals surface area contributed by atoms with Crippen LogP contribution in [0.4, 0.5) is 0 Å². The first kappa shape index (κ1) is 14.8. The summed E-state index contributed by atoms with van der Waals surface area (Å²) in [5.74, 6) is 0.424. The van der Waals surface area contributed by atoms with Crippen molar-refractivity contribution in [2.75, 3.05) is 6.54 Å². The number of aliphatic hydroxyl groups excluding tert-OH is 1. The smallest absolute Gasteiger partial charge is 0.237 e. The van der Waals surface area contributed by atoms with E-state index in [9.17, 15) is 9.90 Å². The Kier molecular flexibility index (Phi) is 5.64. The first-order valence-electron chi connectivity index (χ1n) is 7.88. The van der Waals surface area contributed by atoms with Gasteiger partial charge < -0.3 is 15.7 Å². The van der Waals surface area contributed by atoms with Crippen LogP contribution < -0.4 is 10.6 Å². The Balaban J connectivity index is 1.67. The highest BCUT2D eigenvalue weighted by molar-refractivity contribution is 5.81. The highest BCUT2D eigenvalue weighted by Gasteiger charge is 2.25. The van der Waals surface area contributed by atoms with Gasteiger partial charge in [-0.1, -0.05) is 25.7 Å². The van der Waals surface area contributed by atoms with E-state index >= 15 is 0 Å². The quantitative estimate of drug-likeness (QED) is 0.709. The van der Waals surface area contributed by atoms with Gasteiger partial charge in [0.2, 0.25) is 5.91 Å². The Morgan fingerprint density at radius 2 is 1.79 bits per heavy atom. The average Bonchev–Trinajstić information content (AvgIpc) is 2.90. The van der Waals surface area contributed by atoms with Crippen molar-refractivity contribution < 1.29 is 9.90 Å². The van der Waals surface area contributed by atoms with Crippen molar-refractivity contribution in [3.63, 3.8) is 0 Å². The van der Waals surface area contributed by atoms with Crippen molar-refractivity contribution in [3.8, 4) is 0 Å². The summed E-state index contributed by atoms with van der Waals surface area (Å²) in [7, 11) is 0. The van der Waals surface area contributed by atoms with E-state index in [1.54, 1.807) is 0 Å². The average molecular weight is 268 g/mol. The summed E-state index contributed by atoms with van der Waals surface area (Å²) in [6.45, 7) is 2.67. The summed E-state index contributed by atoms with van der Waals surface area (Å²) < 4.78 is 0. The molecule has 0 aromatic carbocycles. The lowest BCUT2D eigenvalue weighted by Gasteiger charge is -2.29. The van der Waals surface area contributed by atoms with Crippen LogP contribution >= 0.6 is 0 Å². The van der Waals surface area contributed by atoms with E-state index in [-0.39, 0.29) is 18.1 Å². The van der Waals surface area contributed by atoms with Gasteiger partial charge in [-0.05, 0) is 38.5 Å². The maximum atomic E-state index is 12.0. The molecule has 3 atom stereocenters. The zero-order valence-electron chi connectivity index (χ0n) is 12.0. The van der Waals surface area contributed by atoms with Gasteiger partial charge in [0.25, 0.3) is 0 Å². The largest absolute Gasteiger partial charge is 0.393 e. The monoisotopic (exact) mass is 268 g/mol. The van der Waals surface area contributed by atoms with Crippen molar-refractivity contribution in [2.24, 2.45) is 5.92 Å². The molecule has 0 heterocycles. The summed E-state index contributed by atoms with van der Waals surface area (Å²) in [4.78, 5) is 12.0. The lowest BCUT2D eigenvalue weighted by Crippen LogP contribution is -2.47. The van der Waals surface area contributed by atoms with Crippen LogP contribution in [0.1, 0.15) is 58.3 Å². The van der Waals surface area contributed by atoms with Crippen LogP contribution in [0.15, 0.2) is 0 Å². The molecule has 19 heavy (non-hydrogen) atoms. The van der Waals surface area contributed by atoms with E-state index in [1.165, 1.54) is 19.3 Å². The second-order valence-electron chi connectivity index (χ2n) is 6.23. The fourth-order valence-corrected chi connectivity index (χ4v) is 3.24. The van der Waals surface area contributed by atoms with Crippen molar-refractivity contribution in [1.82, 2.24) is 10.6 Å². The fourth-order valence-electron chi connectivity index (χ4n) is 3.24. The molecule has 1 amide bonds. The van der Waals surface area contributed by atoms with Gasteiger partial charge in [0.15, 0.2) is 0 Å². The lowest BCUT2D eigenvalue weighted by atomic mass is 9.86. The molecule has 0 aromatic heterocycles. The number of nitrogens with one attached hydrogen (secondary N) is 2. The second-order valence-corrected chi connectivity index (χ2v) is 6.23. The number of carbonyl (C=O) groups is 1. The molecule has 2 fully saturated rings. The Morgan fingerprint density at radius 3 is 2.47 bits per heavy atom. The van der Waals surface area contributed by atoms with E-state index in [4.69, 9.17) is 0 Å². The Hall–Kier alpha value is -0.610. The van der Waals surface area contributed by atoms with Crippen LogP contribution in [0.2, 0.25) is 0 Å². The highest BCUT2D eigenvalue weighted by Crippen LogP contribution is 2.23. The lowest BCUT2D eigenvalue weighted by molar-refractivity contribution is -0.123. The number of hydrogen-bond acceptors (Lipinski definition) is 3. The molecule has 3 N–H and O–H groups in total. The summed E-state index contributed by atoms with van der Waals surface area (Å²) in [5.41, 5.74) is 0. The molecule has 110 valence electrons. The molecule has 4 nitrogen and oxygen atoms in total. The van der Waals surface area contributed by atoms with Gasteiger partial charge in [-0.15, -0.1) is 0 Å². The number of aliphatic hydroxyl groups is 1. The van der Waals surface area contributed by atoms with Gasteiger partial charge in [0.1, 0.15) is 0 Å². The third-order valence-electron chi connectivity index (χ3n) is 4.65. The SMILES string of the molecule is C[C@H](NC[C@H]1CCCC[C@H]1O)C(=O)NC1CCCC1. The molecule has 0 saturated heterocycles. The molecule has 2 aliphatic rings. The topological polar surface area (TPSA) is 61.4 Å². The molecule has 0 aliphatic heterocycles. The number of carbonyl (C=O) groups excluding carboxylic acids is 1. The van der Waals surface area contributed by atoms with Crippen molar-refractivity contribution >= 4 is 5.91 Å². The maximum absolute atomic E-state index is 12.0. The second kappa shape index (κ2) is 7.25. The minimum atomic E-state index is -0.189. The molecule has 0 spiro atoms. The molecule has 0 aromatic rings. The van der Waals surface area contributed by atoms with Crippen LogP contribution in [0.25, 0.3) is 0 Å². The van der Waals surface area contributed by atoms with E-state index < -0.39 is 0 Å². The van der Waals surface area contributed by atoms with E-state index in [0.717, 1.165) is 38.6 Å². The van der Waals surface area contributed by atoms with Crippen LogP contribution in [0.5, 0.6) is 0 Å². The van der Waals surface area contributed by atoms with Crippen molar-refractivity contribution in [1.29, 1.82) is 0 Å². The Bertz CT molecular complexity index is 290. The molecule has 0 radical (unpaired) electrons. The van der Waals surface area contributed by atoms with Gasteiger partial charge in [0.05, 0.1) is 12.1 Å². The molecular weight excluding hydrogens is 240 g/mol. The van der Waals surface area contributed by atoms with Gasteiger partial charge >= 0.3 is 0 Å². The van der Waals surface area contributed by atoms with Crippen LogP contribution in [-0.2, 0) is 4.79 Å². The zero-order chi connectivity index (χ0) is 13.7. The van der Waals surface area contributed by atoms with Gasteiger partial charge in [0, 0.05) is 12.6 Å². The third-order valence-corrected chi connectivity index (χ3v) is 4.65. The normalized spacial score (nSPS) is 30.2. The first-order chi connectivity index (χ1) is 9.16. The number of amides is 1. The van der Waals surface area contributed by atoms with E-state index in [1.807, 2.05) is 6.92 Å². The van der Waals surface area contributed by atoms with Crippen LogP contribution in [0.3, 0.4) is 0 Å². The van der Waals surface area contributed by atoms with Crippen LogP contribution in [-0.4, -0.2) is 35.7 Å². The molecule has 2 aliphatic carbocycles. The molecule has 2 rings (SSSR count). The summed E-state index contributed by atoms with van der Waals surface area (Å²) in [6, 6.07) is 0.228. The third kappa shape index (κ3) is 4.46.